The van der Waals surface area contributed by atoms with Gasteiger partial charge in [-0.3, -0.25) is 9.20 Å². The van der Waals surface area contributed by atoms with Gasteiger partial charge in [0.25, 0.3) is 5.56 Å². The summed E-state index contributed by atoms with van der Waals surface area (Å²) in [5, 5.41) is 3.81. The molecule has 0 aliphatic heterocycles. The fourth-order valence-corrected chi connectivity index (χ4v) is 8.21. The molecule has 41 heavy (non-hydrogen) atoms. The molecule has 0 atom stereocenters. The first-order valence-electron chi connectivity index (χ1n) is 13.9. The van der Waals surface area contributed by atoms with E-state index in [-0.39, 0.29) is 11.4 Å². The van der Waals surface area contributed by atoms with Gasteiger partial charge in [-0.25, -0.2) is 4.39 Å². The van der Waals surface area contributed by atoms with Gasteiger partial charge in [-0.1, -0.05) is 103 Å². The third-order valence-electron chi connectivity index (χ3n) is 9.60. The lowest BCUT2D eigenvalue weighted by molar-refractivity contribution is 0.631. The first-order chi connectivity index (χ1) is 20.2. The maximum absolute atomic E-state index is 15.2. The topological polar surface area (TPSA) is 21.5 Å². The molecular formula is C38H20FNO. The molecule has 190 valence electrons. The molecule has 0 bridgehead atoms. The first-order valence-corrected chi connectivity index (χ1v) is 13.9. The van der Waals surface area contributed by atoms with E-state index in [1.165, 1.54) is 27.8 Å². The number of hydrogen-bond donors (Lipinski definition) is 0. The number of benzene rings is 6. The minimum absolute atomic E-state index is 0.0706. The summed E-state index contributed by atoms with van der Waals surface area (Å²) in [6, 6.07) is 41.0. The number of halogens is 1. The summed E-state index contributed by atoms with van der Waals surface area (Å²) in [6.45, 7) is 0. The SMILES string of the molecule is O=c1c2ccccc2c2cc(F)cc3c4ccc5c(c4n1c23)-c1ccccc1C51c2ccccc2-c2ccccc21. The average Bonchev–Trinajstić information content (AvgIpc) is 3.62. The van der Waals surface area contributed by atoms with Crippen molar-refractivity contribution in [2.24, 2.45) is 0 Å². The van der Waals surface area contributed by atoms with Crippen LogP contribution >= 0.6 is 0 Å². The van der Waals surface area contributed by atoms with Gasteiger partial charge in [0.2, 0.25) is 0 Å². The van der Waals surface area contributed by atoms with Crippen LogP contribution in [-0.2, 0) is 5.41 Å². The van der Waals surface area contributed by atoms with Crippen LogP contribution in [0.25, 0.3) is 60.2 Å². The van der Waals surface area contributed by atoms with Crippen LogP contribution in [0.4, 0.5) is 4.39 Å². The molecule has 3 heteroatoms. The van der Waals surface area contributed by atoms with Crippen molar-refractivity contribution in [3.63, 3.8) is 0 Å². The Balaban J connectivity index is 1.50. The molecule has 0 radical (unpaired) electrons. The average molecular weight is 526 g/mol. The van der Waals surface area contributed by atoms with Crippen molar-refractivity contribution in [3.8, 4) is 22.3 Å². The molecule has 0 unspecified atom stereocenters. The Morgan fingerprint density at radius 3 is 1.71 bits per heavy atom. The van der Waals surface area contributed by atoms with Crippen LogP contribution in [0.15, 0.2) is 126 Å². The lowest BCUT2D eigenvalue weighted by atomic mass is 9.70. The lowest BCUT2D eigenvalue weighted by Gasteiger charge is -2.30. The highest BCUT2D eigenvalue weighted by atomic mass is 19.1. The quantitative estimate of drug-likeness (QED) is 0.182. The van der Waals surface area contributed by atoms with Gasteiger partial charge in [-0.2, -0.15) is 0 Å². The van der Waals surface area contributed by atoms with Crippen LogP contribution in [0.3, 0.4) is 0 Å². The number of pyridine rings is 1. The molecule has 6 aromatic carbocycles. The predicted octanol–water partition coefficient (Wildman–Crippen LogP) is 8.68. The summed E-state index contributed by atoms with van der Waals surface area (Å²) in [6.07, 6.45) is 0. The van der Waals surface area contributed by atoms with Gasteiger partial charge in [0, 0.05) is 27.1 Å². The van der Waals surface area contributed by atoms with Gasteiger partial charge in [-0.05, 0) is 62.5 Å². The Morgan fingerprint density at radius 1 is 0.488 bits per heavy atom. The second-order valence-electron chi connectivity index (χ2n) is 11.3. The van der Waals surface area contributed by atoms with E-state index in [0.717, 1.165) is 49.3 Å². The van der Waals surface area contributed by atoms with Gasteiger partial charge in [0.1, 0.15) is 5.82 Å². The monoisotopic (exact) mass is 525 g/mol. The second kappa shape index (κ2) is 7.07. The van der Waals surface area contributed by atoms with Gasteiger partial charge in [-0.15, -0.1) is 0 Å². The normalized spacial score (nSPS) is 14.3. The van der Waals surface area contributed by atoms with Gasteiger partial charge in [0.05, 0.1) is 16.4 Å². The highest BCUT2D eigenvalue weighted by Crippen LogP contribution is 2.63. The van der Waals surface area contributed by atoms with Crippen LogP contribution in [0.2, 0.25) is 0 Å². The number of nitrogens with zero attached hydrogens (tertiary/aromatic N) is 1. The molecule has 8 aromatic rings. The van der Waals surface area contributed by atoms with E-state index < -0.39 is 5.41 Å². The Hall–Kier alpha value is -5.28. The van der Waals surface area contributed by atoms with E-state index >= 15 is 4.39 Å². The van der Waals surface area contributed by atoms with E-state index in [1.807, 2.05) is 28.7 Å². The molecular weight excluding hydrogens is 505 g/mol. The lowest BCUT2D eigenvalue weighted by Crippen LogP contribution is -2.25. The van der Waals surface area contributed by atoms with E-state index in [9.17, 15) is 4.79 Å². The molecule has 0 amide bonds. The van der Waals surface area contributed by atoms with E-state index in [4.69, 9.17) is 0 Å². The zero-order valence-electron chi connectivity index (χ0n) is 21.8. The summed E-state index contributed by atoms with van der Waals surface area (Å²) < 4.78 is 17.1. The van der Waals surface area contributed by atoms with Crippen LogP contribution in [-0.4, -0.2) is 4.40 Å². The van der Waals surface area contributed by atoms with Gasteiger partial charge in [0.15, 0.2) is 0 Å². The number of fused-ring (bicyclic) bond motifs is 16. The standard InChI is InChI=1S/C38H20FNO/c39-21-19-28-22-9-1-2-12-26(22)37(41)40-35(28)29(20-21)25-17-18-33-34(36(25)40)27-13-5-8-16-32(27)38(33)30-14-6-3-10-23(30)24-11-4-7-15-31(24)38/h1-20H. The second-order valence-corrected chi connectivity index (χ2v) is 11.3. The summed E-state index contributed by atoms with van der Waals surface area (Å²) in [4.78, 5) is 14.3. The van der Waals surface area contributed by atoms with Gasteiger partial charge < -0.3 is 0 Å². The molecule has 1 spiro atoms. The number of aromatic nitrogens is 1. The van der Waals surface area contributed by atoms with Crippen LogP contribution in [0, 0.1) is 5.82 Å². The Labute approximate surface area is 233 Å². The van der Waals surface area contributed by atoms with Crippen molar-refractivity contribution in [3.05, 3.63) is 160 Å². The fraction of sp³-hybridized carbons (Fsp3) is 0.0263. The summed E-state index contributed by atoms with van der Waals surface area (Å²) >= 11 is 0. The van der Waals surface area contributed by atoms with Crippen molar-refractivity contribution >= 4 is 38.0 Å². The Morgan fingerprint density at radius 2 is 1.02 bits per heavy atom. The maximum atomic E-state index is 15.2. The van der Waals surface area contributed by atoms with E-state index in [1.54, 1.807) is 12.1 Å². The molecule has 2 aromatic heterocycles. The highest BCUT2D eigenvalue weighted by Gasteiger charge is 2.52. The van der Waals surface area contributed by atoms with Crippen LogP contribution in [0.1, 0.15) is 22.3 Å². The highest BCUT2D eigenvalue weighted by molar-refractivity contribution is 6.23. The molecule has 2 nitrogen and oxygen atoms in total. The predicted molar refractivity (Wildman–Crippen MR) is 164 cm³/mol. The molecule has 0 N–H and O–H groups in total. The van der Waals surface area contributed by atoms with Crippen LogP contribution < -0.4 is 5.56 Å². The van der Waals surface area contributed by atoms with Crippen molar-refractivity contribution in [1.82, 2.24) is 4.40 Å². The maximum Gasteiger partial charge on any atom is 0.263 e. The van der Waals surface area contributed by atoms with E-state index in [0.29, 0.717) is 5.39 Å². The van der Waals surface area contributed by atoms with Gasteiger partial charge >= 0.3 is 0 Å². The molecule has 2 heterocycles. The Kier molecular flexibility index (Phi) is 3.71. The van der Waals surface area contributed by atoms with E-state index in [2.05, 4.69) is 84.9 Å². The fourth-order valence-electron chi connectivity index (χ4n) is 8.21. The molecule has 0 saturated heterocycles. The molecule has 10 rings (SSSR count). The largest absolute Gasteiger partial charge is 0.274 e. The first kappa shape index (κ1) is 21.5. The van der Waals surface area contributed by atoms with Crippen molar-refractivity contribution in [2.45, 2.75) is 5.41 Å². The molecule has 0 fully saturated rings. The summed E-state index contributed by atoms with van der Waals surface area (Å²) in [5.74, 6) is -0.299. The van der Waals surface area contributed by atoms with Crippen molar-refractivity contribution in [1.29, 1.82) is 0 Å². The molecule has 2 aliphatic carbocycles. The number of hydrogen-bond acceptors (Lipinski definition) is 1. The zero-order chi connectivity index (χ0) is 27.0. The molecule has 0 saturated carbocycles. The minimum atomic E-state index is -0.506. The smallest absolute Gasteiger partial charge is 0.263 e. The summed E-state index contributed by atoms with van der Waals surface area (Å²) in [5.41, 5.74) is 10.6. The Bertz CT molecular complexity index is 2480. The zero-order valence-corrected chi connectivity index (χ0v) is 21.8. The molecule has 2 aliphatic rings. The van der Waals surface area contributed by atoms with Crippen molar-refractivity contribution < 1.29 is 4.39 Å². The third-order valence-corrected chi connectivity index (χ3v) is 9.60. The van der Waals surface area contributed by atoms with Crippen molar-refractivity contribution in [2.75, 3.05) is 0 Å². The van der Waals surface area contributed by atoms with Crippen LogP contribution in [0.5, 0.6) is 0 Å². The number of rotatable bonds is 0. The third kappa shape index (κ3) is 2.28. The minimum Gasteiger partial charge on any atom is -0.274 e. The summed E-state index contributed by atoms with van der Waals surface area (Å²) in [7, 11) is 0.